The van der Waals surface area contributed by atoms with Crippen LogP contribution in [0.25, 0.3) is 11.2 Å². The highest BCUT2D eigenvalue weighted by atomic mass is 16.6. The molecule has 4 rings (SSSR count). The average molecular weight is 371 g/mol. The van der Waals surface area contributed by atoms with E-state index in [1.165, 1.54) is 22.8 Å². The summed E-state index contributed by atoms with van der Waals surface area (Å²) in [6.07, 6.45) is -1.28. The van der Waals surface area contributed by atoms with Gasteiger partial charge in [0, 0.05) is 5.69 Å². The van der Waals surface area contributed by atoms with Gasteiger partial charge in [-0.05, 0) is 25.5 Å². The van der Waals surface area contributed by atoms with Crippen molar-refractivity contribution in [3.8, 4) is 0 Å². The molecule has 0 aliphatic carbocycles. The van der Waals surface area contributed by atoms with Crippen molar-refractivity contribution in [2.45, 2.75) is 38.4 Å². The number of anilines is 2. The molecule has 3 aromatic rings. The first-order chi connectivity index (χ1) is 13.0. The van der Waals surface area contributed by atoms with Crippen LogP contribution in [0.5, 0.6) is 0 Å². The molecule has 9 heteroatoms. The van der Waals surface area contributed by atoms with E-state index in [0.717, 1.165) is 11.3 Å². The van der Waals surface area contributed by atoms with Gasteiger partial charge in [-0.25, -0.2) is 15.0 Å². The number of hydrogen-bond donors (Lipinski definition) is 4. The predicted molar refractivity (Wildman–Crippen MR) is 97.5 cm³/mol. The van der Waals surface area contributed by atoms with Gasteiger partial charge in [-0.3, -0.25) is 4.57 Å². The summed E-state index contributed by atoms with van der Waals surface area (Å²) in [5.41, 5.74) is 4.11. The molecule has 4 N–H and O–H groups in total. The molecule has 0 amide bonds. The van der Waals surface area contributed by atoms with E-state index in [2.05, 4.69) is 26.3 Å². The molecule has 1 aliphatic heterocycles. The number of nitrogens with zero attached hydrogens (tertiary/aromatic N) is 4. The van der Waals surface area contributed by atoms with Crippen LogP contribution in [0.1, 0.15) is 17.4 Å². The van der Waals surface area contributed by atoms with Crippen LogP contribution in [0.3, 0.4) is 0 Å². The van der Waals surface area contributed by atoms with Crippen molar-refractivity contribution in [3.63, 3.8) is 0 Å². The van der Waals surface area contributed by atoms with E-state index in [9.17, 15) is 15.3 Å². The summed E-state index contributed by atoms with van der Waals surface area (Å²) in [7, 11) is 0. The first-order valence-corrected chi connectivity index (χ1v) is 8.64. The molecule has 1 saturated heterocycles. The van der Waals surface area contributed by atoms with Crippen molar-refractivity contribution in [1.29, 1.82) is 0 Å². The number of rotatable bonds is 4. The topological polar surface area (TPSA) is 126 Å². The molecule has 0 saturated carbocycles. The molecule has 0 bridgehead atoms. The van der Waals surface area contributed by atoms with Crippen LogP contribution >= 0.6 is 0 Å². The van der Waals surface area contributed by atoms with Gasteiger partial charge in [0.15, 0.2) is 23.2 Å². The molecule has 3 heterocycles. The van der Waals surface area contributed by atoms with E-state index in [1.807, 2.05) is 26.0 Å². The van der Waals surface area contributed by atoms with Gasteiger partial charge in [0.2, 0.25) is 0 Å². The number of aliphatic hydroxyl groups is 3. The average Bonchev–Trinajstić information content (AvgIpc) is 3.20. The maximum atomic E-state index is 10.3. The lowest BCUT2D eigenvalue weighted by Gasteiger charge is -2.16. The van der Waals surface area contributed by atoms with Crippen molar-refractivity contribution >= 4 is 22.7 Å². The molecule has 1 fully saturated rings. The lowest BCUT2D eigenvalue weighted by atomic mass is 10.1. The zero-order valence-corrected chi connectivity index (χ0v) is 14.9. The Morgan fingerprint density at radius 1 is 1.15 bits per heavy atom. The van der Waals surface area contributed by atoms with Crippen LogP contribution in [0, 0.1) is 13.8 Å². The maximum absolute atomic E-state index is 10.3. The van der Waals surface area contributed by atoms with Crippen LogP contribution < -0.4 is 5.32 Å². The standard InChI is InChI=1S/C18H21N5O4/c1-9-3-4-11(10(2)5-9)22-16-13-17(20-7-19-16)23(8-21-13)18-15(26)14(25)12(6-24)27-18/h3-5,7-8,12,14-15,18,24-26H,6H2,1-2H3,(H,19,20,22)/t12-,14-,15-,18?/m1/s1. The summed E-state index contributed by atoms with van der Waals surface area (Å²) in [5, 5.41) is 32.8. The second kappa shape index (κ2) is 6.86. The van der Waals surface area contributed by atoms with Crippen LogP contribution in [-0.2, 0) is 4.74 Å². The van der Waals surface area contributed by atoms with Gasteiger partial charge in [-0.2, -0.15) is 0 Å². The fourth-order valence-electron chi connectivity index (χ4n) is 3.32. The number of aliphatic hydroxyl groups excluding tert-OH is 3. The number of hydrogen-bond acceptors (Lipinski definition) is 8. The Kier molecular flexibility index (Phi) is 4.52. The lowest BCUT2D eigenvalue weighted by molar-refractivity contribution is -0.0511. The molecule has 0 radical (unpaired) electrons. The number of imidazole rings is 1. The second-order valence-electron chi connectivity index (χ2n) is 6.72. The Balaban J connectivity index is 1.70. The summed E-state index contributed by atoms with van der Waals surface area (Å²) >= 11 is 0. The molecule has 27 heavy (non-hydrogen) atoms. The molecule has 1 unspecified atom stereocenters. The van der Waals surface area contributed by atoms with E-state index in [4.69, 9.17) is 4.74 Å². The van der Waals surface area contributed by atoms with E-state index >= 15 is 0 Å². The minimum Gasteiger partial charge on any atom is -0.394 e. The van der Waals surface area contributed by atoms with Crippen LogP contribution in [-0.4, -0.2) is 59.8 Å². The Labute approximate surface area is 155 Å². The second-order valence-corrected chi connectivity index (χ2v) is 6.72. The first kappa shape index (κ1) is 17.8. The number of ether oxygens (including phenoxy) is 1. The Morgan fingerprint density at radius 2 is 1.96 bits per heavy atom. The molecule has 142 valence electrons. The van der Waals surface area contributed by atoms with E-state index < -0.39 is 31.1 Å². The molecule has 4 atom stereocenters. The van der Waals surface area contributed by atoms with E-state index in [0.29, 0.717) is 17.0 Å². The van der Waals surface area contributed by atoms with Crippen LogP contribution in [0.2, 0.25) is 0 Å². The van der Waals surface area contributed by atoms with Crippen molar-refractivity contribution < 1.29 is 20.1 Å². The molecule has 1 aliphatic rings. The van der Waals surface area contributed by atoms with Crippen molar-refractivity contribution in [1.82, 2.24) is 19.5 Å². The van der Waals surface area contributed by atoms with Gasteiger partial charge in [0.25, 0.3) is 0 Å². The fraction of sp³-hybridized carbons (Fsp3) is 0.389. The monoisotopic (exact) mass is 371 g/mol. The third kappa shape index (κ3) is 3.04. The van der Waals surface area contributed by atoms with Crippen molar-refractivity contribution in [2.24, 2.45) is 0 Å². The minimum absolute atomic E-state index is 0.393. The van der Waals surface area contributed by atoms with Gasteiger partial charge in [0.1, 0.15) is 24.6 Å². The Bertz CT molecular complexity index is 976. The summed E-state index contributed by atoms with van der Waals surface area (Å²) in [4.78, 5) is 12.9. The number of nitrogens with one attached hydrogen (secondary N) is 1. The van der Waals surface area contributed by atoms with Crippen molar-refractivity contribution in [2.75, 3.05) is 11.9 Å². The lowest BCUT2D eigenvalue weighted by Crippen LogP contribution is -2.33. The summed E-state index contributed by atoms with van der Waals surface area (Å²) in [6, 6.07) is 6.05. The summed E-state index contributed by atoms with van der Waals surface area (Å²) in [6.45, 7) is 3.64. The summed E-state index contributed by atoms with van der Waals surface area (Å²) < 4.78 is 7.11. The molecular weight excluding hydrogens is 350 g/mol. The molecule has 0 spiro atoms. The zero-order valence-electron chi connectivity index (χ0n) is 14.9. The van der Waals surface area contributed by atoms with Gasteiger partial charge in [-0.15, -0.1) is 0 Å². The first-order valence-electron chi connectivity index (χ1n) is 8.64. The van der Waals surface area contributed by atoms with Gasteiger partial charge >= 0.3 is 0 Å². The number of aryl methyl sites for hydroxylation is 2. The molecule has 1 aromatic carbocycles. The predicted octanol–water partition coefficient (Wildman–Crippen LogP) is 0.798. The minimum atomic E-state index is -1.20. The third-order valence-electron chi connectivity index (χ3n) is 4.79. The molecular formula is C18H21N5O4. The number of benzene rings is 1. The number of aromatic nitrogens is 4. The summed E-state index contributed by atoms with van der Waals surface area (Å²) in [5.74, 6) is 0.525. The van der Waals surface area contributed by atoms with Crippen molar-refractivity contribution in [3.05, 3.63) is 42.0 Å². The van der Waals surface area contributed by atoms with Gasteiger partial charge < -0.3 is 25.4 Å². The maximum Gasteiger partial charge on any atom is 0.167 e. The van der Waals surface area contributed by atoms with Gasteiger partial charge in [-0.1, -0.05) is 17.7 Å². The van der Waals surface area contributed by atoms with Crippen LogP contribution in [0.4, 0.5) is 11.5 Å². The van der Waals surface area contributed by atoms with Crippen LogP contribution in [0.15, 0.2) is 30.9 Å². The normalized spacial score (nSPS) is 25.2. The quantitative estimate of drug-likeness (QED) is 0.531. The zero-order chi connectivity index (χ0) is 19.1. The van der Waals surface area contributed by atoms with E-state index in [-0.39, 0.29) is 0 Å². The highest BCUT2D eigenvalue weighted by Gasteiger charge is 2.44. The SMILES string of the molecule is Cc1ccc(Nc2ncnc3c2ncn3C2O[C@H](CO)[C@@H](O)[C@H]2O)c(C)c1. The number of fused-ring (bicyclic) bond motifs is 1. The molecule has 2 aromatic heterocycles. The Hall–Kier alpha value is -2.59. The molecule has 9 nitrogen and oxygen atoms in total. The fourth-order valence-corrected chi connectivity index (χ4v) is 3.32. The van der Waals surface area contributed by atoms with E-state index in [1.54, 1.807) is 0 Å². The largest absolute Gasteiger partial charge is 0.394 e. The highest BCUT2D eigenvalue weighted by Crippen LogP contribution is 2.32. The highest BCUT2D eigenvalue weighted by molar-refractivity contribution is 5.85. The third-order valence-corrected chi connectivity index (χ3v) is 4.79. The Morgan fingerprint density at radius 3 is 2.67 bits per heavy atom. The smallest absolute Gasteiger partial charge is 0.167 e. The van der Waals surface area contributed by atoms with Gasteiger partial charge in [0.05, 0.1) is 12.9 Å².